The van der Waals surface area contributed by atoms with Crippen molar-refractivity contribution in [2.24, 2.45) is 5.92 Å². The number of hydrogen-bond donors (Lipinski definition) is 1. The lowest BCUT2D eigenvalue weighted by Gasteiger charge is -2.10. The predicted molar refractivity (Wildman–Crippen MR) is 76.1 cm³/mol. The van der Waals surface area contributed by atoms with Crippen molar-refractivity contribution in [3.63, 3.8) is 0 Å². The van der Waals surface area contributed by atoms with Gasteiger partial charge in [-0.1, -0.05) is 48.9 Å². The van der Waals surface area contributed by atoms with E-state index in [0.29, 0.717) is 29.6 Å². The lowest BCUT2D eigenvalue weighted by atomic mass is 10.1. The molecule has 0 atom stereocenters. The number of rotatable bonds is 5. The van der Waals surface area contributed by atoms with Crippen molar-refractivity contribution in [2.75, 3.05) is 0 Å². The molecule has 0 saturated heterocycles. The van der Waals surface area contributed by atoms with Gasteiger partial charge in [0, 0.05) is 18.0 Å². The molecule has 5 nitrogen and oxygen atoms in total. The molecule has 1 aromatic carbocycles. The van der Waals surface area contributed by atoms with Crippen molar-refractivity contribution >= 4 is 17.6 Å². The molecular weight excluding hydrogens is 278 g/mol. The Morgan fingerprint density at radius 2 is 2.10 bits per heavy atom. The molecule has 0 radical (unpaired) electrons. The number of carboxylic acids is 1. The maximum atomic E-state index is 11.2. The fourth-order valence-corrected chi connectivity index (χ4v) is 2.19. The number of carboxylic acid groups (broad SMARTS) is 1. The molecule has 0 spiro atoms. The molecule has 0 aliphatic rings. The van der Waals surface area contributed by atoms with Gasteiger partial charge in [0.1, 0.15) is 0 Å². The van der Waals surface area contributed by atoms with Crippen LogP contribution in [0.2, 0.25) is 5.02 Å². The summed E-state index contributed by atoms with van der Waals surface area (Å²) in [6.07, 6.45) is 0.404. The molecule has 0 saturated carbocycles. The Labute approximate surface area is 122 Å². The summed E-state index contributed by atoms with van der Waals surface area (Å²) in [5, 5.41) is 17.5. The fourth-order valence-electron chi connectivity index (χ4n) is 1.99. The summed E-state index contributed by atoms with van der Waals surface area (Å²) in [5.74, 6) is -0.717. The van der Waals surface area contributed by atoms with E-state index in [0.717, 1.165) is 5.56 Å². The maximum Gasteiger partial charge on any atom is 0.358 e. The quantitative estimate of drug-likeness (QED) is 0.920. The summed E-state index contributed by atoms with van der Waals surface area (Å²) in [4.78, 5) is 11.2. The van der Waals surface area contributed by atoms with Crippen molar-refractivity contribution in [3.8, 4) is 0 Å². The van der Waals surface area contributed by atoms with E-state index in [1.807, 2.05) is 32.0 Å². The molecule has 1 heterocycles. The van der Waals surface area contributed by atoms with Crippen LogP contribution in [-0.2, 0) is 13.0 Å². The first-order valence-corrected chi connectivity index (χ1v) is 6.76. The molecule has 2 rings (SSSR count). The Hall–Kier alpha value is -1.88. The number of carbonyl (C=O) groups is 1. The van der Waals surface area contributed by atoms with Gasteiger partial charge in [-0.15, -0.1) is 5.10 Å². The van der Waals surface area contributed by atoms with Crippen LogP contribution in [0.1, 0.15) is 35.6 Å². The fraction of sp³-hybridized carbons (Fsp3) is 0.357. The molecule has 106 valence electrons. The van der Waals surface area contributed by atoms with Crippen LogP contribution in [0.3, 0.4) is 0 Å². The van der Waals surface area contributed by atoms with E-state index in [-0.39, 0.29) is 5.69 Å². The van der Waals surface area contributed by atoms with Crippen LogP contribution in [0.25, 0.3) is 0 Å². The second-order valence-electron chi connectivity index (χ2n) is 5.03. The third-order valence-corrected chi connectivity index (χ3v) is 3.26. The Kier molecular flexibility index (Phi) is 4.39. The van der Waals surface area contributed by atoms with E-state index in [1.54, 1.807) is 10.7 Å². The summed E-state index contributed by atoms with van der Waals surface area (Å²) in [7, 11) is 0. The summed E-state index contributed by atoms with van der Waals surface area (Å²) in [6, 6.07) is 7.38. The van der Waals surface area contributed by atoms with Crippen LogP contribution in [0.4, 0.5) is 0 Å². The second kappa shape index (κ2) is 6.05. The van der Waals surface area contributed by atoms with Crippen molar-refractivity contribution in [3.05, 3.63) is 46.2 Å². The highest BCUT2D eigenvalue weighted by Crippen LogP contribution is 2.20. The average molecular weight is 294 g/mol. The van der Waals surface area contributed by atoms with E-state index < -0.39 is 5.97 Å². The van der Waals surface area contributed by atoms with Gasteiger partial charge in [0.15, 0.2) is 5.69 Å². The normalized spacial score (nSPS) is 11.0. The van der Waals surface area contributed by atoms with E-state index in [9.17, 15) is 9.90 Å². The van der Waals surface area contributed by atoms with Crippen molar-refractivity contribution in [1.82, 2.24) is 15.0 Å². The largest absolute Gasteiger partial charge is 0.476 e. The number of aromatic carboxylic acids is 1. The number of halogens is 1. The first-order chi connectivity index (χ1) is 9.49. The van der Waals surface area contributed by atoms with Crippen molar-refractivity contribution in [1.29, 1.82) is 0 Å². The molecule has 0 fully saturated rings. The third kappa shape index (κ3) is 3.17. The van der Waals surface area contributed by atoms with Gasteiger partial charge in [-0.05, 0) is 17.5 Å². The van der Waals surface area contributed by atoms with Gasteiger partial charge in [-0.25, -0.2) is 9.48 Å². The van der Waals surface area contributed by atoms with Crippen LogP contribution >= 0.6 is 11.6 Å². The highest BCUT2D eigenvalue weighted by molar-refractivity contribution is 6.31. The van der Waals surface area contributed by atoms with Gasteiger partial charge in [0.25, 0.3) is 0 Å². The van der Waals surface area contributed by atoms with Gasteiger partial charge in [0.2, 0.25) is 0 Å². The Morgan fingerprint density at radius 1 is 1.40 bits per heavy atom. The topological polar surface area (TPSA) is 68.0 Å². The minimum Gasteiger partial charge on any atom is -0.476 e. The van der Waals surface area contributed by atoms with Crippen LogP contribution in [0.5, 0.6) is 0 Å². The molecule has 6 heteroatoms. The van der Waals surface area contributed by atoms with Gasteiger partial charge >= 0.3 is 5.97 Å². The minimum absolute atomic E-state index is 0.00873. The van der Waals surface area contributed by atoms with Crippen LogP contribution in [0.15, 0.2) is 24.3 Å². The molecule has 0 aliphatic carbocycles. The highest BCUT2D eigenvalue weighted by Gasteiger charge is 2.20. The zero-order valence-electron chi connectivity index (χ0n) is 11.4. The van der Waals surface area contributed by atoms with Gasteiger partial charge < -0.3 is 5.11 Å². The molecule has 0 bridgehead atoms. The summed E-state index contributed by atoms with van der Waals surface area (Å²) in [6.45, 7) is 4.71. The van der Waals surface area contributed by atoms with Crippen LogP contribution < -0.4 is 0 Å². The Morgan fingerprint density at radius 3 is 2.70 bits per heavy atom. The van der Waals surface area contributed by atoms with E-state index in [4.69, 9.17) is 11.6 Å². The highest BCUT2D eigenvalue weighted by atomic mass is 35.5. The average Bonchev–Trinajstić information content (AvgIpc) is 2.74. The SMILES string of the molecule is CC(C)Cn1nnc(C(=O)O)c1Cc1ccccc1Cl. The first-order valence-electron chi connectivity index (χ1n) is 6.38. The Bertz CT molecular complexity index is 623. The second-order valence-corrected chi connectivity index (χ2v) is 5.44. The molecule has 1 N–H and O–H groups in total. The standard InChI is InChI=1S/C14H16ClN3O2/c1-9(2)8-18-12(13(14(19)20)16-17-18)7-10-5-3-4-6-11(10)15/h3-6,9H,7-8H2,1-2H3,(H,19,20). The zero-order valence-corrected chi connectivity index (χ0v) is 12.1. The minimum atomic E-state index is -1.07. The van der Waals surface area contributed by atoms with Gasteiger partial charge in [0.05, 0.1) is 5.69 Å². The Balaban J connectivity index is 2.40. The number of aromatic nitrogens is 3. The zero-order chi connectivity index (χ0) is 14.7. The summed E-state index contributed by atoms with van der Waals surface area (Å²) < 4.78 is 1.65. The van der Waals surface area contributed by atoms with Crippen molar-refractivity contribution < 1.29 is 9.90 Å². The molecular formula is C14H16ClN3O2. The molecule has 0 unspecified atom stereocenters. The molecule has 1 aromatic heterocycles. The van der Waals surface area contributed by atoms with Crippen molar-refractivity contribution in [2.45, 2.75) is 26.8 Å². The van der Waals surface area contributed by atoms with Crippen LogP contribution in [0, 0.1) is 5.92 Å². The summed E-state index contributed by atoms with van der Waals surface area (Å²) in [5.41, 5.74) is 1.44. The molecule has 2 aromatic rings. The number of benzene rings is 1. The molecule has 20 heavy (non-hydrogen) atoms. The van der Waals surface area contributed by atoms with Gasteiger partial charge in [-0.2, -0.15) is 0 Å². The molecule has 0 aliphatic heterocycles. The smallest absolute Gasteiger partial charge is 0.358 e. The number of hydrogen-bond acceptors (Lipinski definition) is 3. The first kappa shape index (κ1) is 14.5. The third-order valence-electron chi connectivity index (χ3n) is 2.89. The number of nitrogens with zero attached hydrogens (tertiary/aromatic N) is 3. The molecule has 0 amide bonds. The maximum absolute atomic E-state index is 11.2. The lowest BCUT2D eigenvalue weighted by molar-refractivity contribution is 0.0689. The predicted octanol–water partition coefficient (Wildman–Crippen LogP) is 2.88. The monoisotopic (exact) mass is 293 g/mol. The van der Waals surface area contributed by atoms with E-state index >= 15 is 0 Å². The van der Waals surface area contributed by atoms with Crippen LogP contribution in [-0.4, -0.2) is 26.1 Å². The van der Waals surface area contributed by atoms with Gasteiger partial charge in [-0.3, -0.25) is 0 Å². The van der Waals surface area contributed by atoms with E-state index in [2.05, 4.69) is 10.3 Å². The van der Waals surface area contributed by atoms with E-state index in [1.165, 1.54) is 0 Å². The lowest BCUT2D eigenvalue weighted by Crippen LogP contribution is -2.12. The summed E-state index contributed by atoms with van der Waals surface area (Å²) >= 11 is 6.13.